The number of hydrogen-bond acceptors (Lipinski definition) is 4. The molecule has 1 aromatic carbocycles. The molecule has 0 unspecified atom stereocenters. The van der Waals surface area contributed by atoms with Crippen LogP contribution in [-0.2, 0) is 6.54 Å². The lowest BCUT2D eigenvalue weighted by Crippen LogP contribution is -2.16. The van der Waals surface area contributed by atoms with E-state index in [2.05, 4.69) is 8.75 Å². The van der Waals surface area contributed by atoms with Gasteiger partial charge in [0.15, 0.2) is 11.0 Å². The third-order valence-electron chi connectivity index (χ3n) is 2.10. The topological polar surface area (TPSA) is 29.0 Å². The number of rotatable bonds is 3. The Balaban J connectivity index is 2.14. The second kappa shape index (κ2) is 4.99. The van der Waals surface area contributed by atoms with Gasteiger partial charge in [-0.1, -0.05) is 35.3 Å². The van der Waals surface area contributed by atoms with Crippen LogP contribution in [0.4, 0.5) is 5.82 Å². The van der Waals surface area contributed by atoms with Gasteiger partial charge in [-0.2, -0.15) is 8.75 Å². The maximum absolute atomic E-state index is 5.91. The zero-order valence-corrected chi connectivity index (χ0v) is 10.9. The highest BCUT2D eigenvalue weighted by molar-refractivity contribution is 6.99. The second-order valence-corrected chi connectivity index (χ2v) is 4.69. The standard InChI is InChI=1S/C10H9Cl2N3S/c1-15(10-9(12)13-16-14-10)6-7-3-2-4-8(11)5-7/h2-5H,6H2,1H3. The van der Waals surface area contributed by atoms with E-state index in [0.717, 1.165) is 22.3 Å². The molecule has 0 saturated heterocycles. The number of benzene rings is 1. The van der Waals surface area contributed by atoms with Crippen molar-refractivity contribution in [2.45, 2.75) is 6.54 Å². The Morgan fingerprint density at radius 1 is 1.31 bits per heavy atom. The van der Waals surface area contributed by atoms with Crippen molar-refractivity contribution in [3.8, 4) is 0 Å². The third kappa shape index (κ3) is 2.64. The SMILES string of the molecule is CN(Cc1cccc(Cl)c1)c1nsnc1Cl. The number of aromatic nitrogens is 2. The molecule has 6 heteroatoms. The molecule has 0 N–H and O–H groups in total. The molecule has 1 heterocycles. The van der Waals surface area contributed by atoms with E-state index < -0.39 is 0 Å². The Morgan fingerprint density at radius 3 is 2.75 bits per heavy atom. The highest BCUT2D eigenvalue weighted by Crippen LogP contribution is 2.23. The van der Waals surface area contributed by atoms with Gasteiger partial charge in [0.25, 0.3) is 0 Å². The molecule has 16 heavy (non-hydrogen) atoms. The Bertz CT molecular complexity index is 486. The summed E-state index contributed by atoms with van der Waals surface area (Å²) in [6.45, 7) is 0.700. The van der Waals surface area contributed by atoms with E-state index in [1.54, 1.807) is 0 Å². The van der Waals surface area contributed by atoms with E-state index in [0.29, 0.717) is 17.5 Å². The minimum Gasteiger partial charge on any atom is -0.352 e. The van der Waals surface area contributed by atoms with Crippen LogP contribution < -0.4 is 4.90 Å². The van der Waals surface area contributed by atoms with Crippen LogP contribution in [0.2, 0.25) is 10.2 Å². The molecule has 0 aliphatic heterocycles. The molecule has 2 rings (SSSR count). The maximum Gasteiger partial charge on any atom is 0.187 e. The van der Waals surface area contributed by atoms with Gasteiger partial charge in [0.2, 0.25) is 0 Å². The molecule has 0 fully saturated rings. The van der Waals surface area contributed by atoms with Gasteiger partial charge >= 0.3 is 0 Å². The van der Waals surface area contributed by atoms with Gasteiger partial charge in [-0.15, -0.1) is 0 Å². The molecule has 3 nitrogen and oxygen atoms in total. The molecule has 1 aromatic heterocycles. The van der Waals surface area contributed by atoms with E-state index in [4.69, 9.17) is 23.2 Å². The predicted octanol–water partition coefficient (Wildman–Crippen LogP) is 3.48. The summed E-state index contributed by atoms with van der Waals surface area (Å²) in [5.74, 6) is 0.701. The summed E-state index contributed by atoms with van der Waals surface area (Å²) in [5.41, 5.74) is 1.11. The fourth-order valence-electron chi connectivity index (χ4n) is 1.38. The molecule has 0 spiro atoms. The summed E-state index contributed by atoms with van der Waals surface area (Å²) < 4.78 is 8.05. The van der Waals surface area contributed by atoms with E-state index >= 15 is 0 Å². The van der Waals surface area contributed by atoms with Crippen LogP contribution in [0.1, 0.15) is 5.56 Å². The third-order valence-corrected chi connectivity index (χ3v) is 3.21. The van der Waals surface area contributed by atoms with Crippen molar-refractivity contribution in [3.05, 3.63) is 40.0 Å². The Hall–Kier alpha value is -0.840. The molecule has 0 bridgehead atoms. The number of nitrogens with zero attached hydrogens (tertiary/aromatic N) is 3. The minimum absolute atomic E-state index is 0.439. The van der Waals surface area contributed by atoms with Crippen molar-refractivity contribution in [1.29, 1.82) is 0 Å². The fraction of sp³-hybridized carbons (Fsp3) is 0.200. The van der Waals surface area contributed by atoms with Crippen LogP contribution in [0.15, 0.2) is 24.3 Å². The largest absolute Gasteiger partial charge is 0.352 e. The second-order valence-electron chi connectivity index (χ2n) is 3.36. The quantitative estimate of drug-likeness (QED) is 0.858. The molecule has 0 aliphatic carbocycles. The molecular formula is C10H9Cl2N3S. The van der Waals surface area contributed by atoms with E-state index in [-0.39, 0.29) is 0 Å². The van der Waals surface area contributed by atoms with Crippen molar-refractivity contribution in [2.24, 2.45) is 0 Å². The van der Waals surface area contributed by atoms with Gasteiger partial charge in [0.1, 0.15) is 0 Å². The van der Waals surface area contributed by atoms with Crippen molar-refractivity contribution in [2.75, 3.05) is 11.9 Å². The van der Waals surface area contributed by atoms with E-state index in [1.165, 1.54) is 0 Å². The highest BCUT2D eigenvalue weighted by atomic mass is 35.5. The van der Waals surface area contributed by atoms with Crippen LogP contribution in [0.3, 0.4) is 0 Å². The van der Waals surface area contributed by atoms with Gasteiger partial charge in [-0.05, 0) is 17.7 Å². The summed E-state index contributed by atoms with van der Waals surface area (Å²) >= 11 is 12.9. The normalized spacial score (nSPS) is 10.4. The van der Waals surface area contributed by atoms with Gasteiger partial charge in [-0.3, -0.25) is 0 Å². The molecular weight excluding hydrogens is 265 g/mol. The van der Waals surface area contributed by atoms with Crippen LogP contribution in [0, 0.1) is 0 Å². The van der Waals surface area contributed by atoms with Crippen LogP contribution in [-0.4, -0.2) is 15.8 Å². The first-order chi connectivity index (χ1) is 7.66. The van der Waals surface area contributed by atoms with Crippen molar-refractivity contribution >= 4 is 40.7 Å². The monoisotopic (exact) mass is 273 g/mol. The fourth-order valence-corrected chi connectivity index (χ4v) is 2.42. The first kappa shape index (κ1) is 11.6. The van der Waals surface area contributed by atoms with Crippen molar-refractivity contribution < 1.29 is 0 Å². The van der Waals surface area contributed by atoms with Crippen LogP contribution in [0.5, 0.6) is 0 Å². The Morgan fingerprint density at radius 2 is 2.12 bits per heavy atom. The molecule has 84 valence electrons. The summed E-state index contributed by atoms with van der Waals surface area (Å²) in [7, 11) is 1.92. The summed E-state index contributed by atoms with van der Waals surface area (Å²) in [6, 6.07) is 7.71. The average molecular weight is 274 g/mol. The van der Waals surface area contributed by atoms with Crippen molar-refractivity contribution in [1.82, 2.24) is 8.75 Å². The molecule has 2 aromatic rings. The minimum atomic E-state index is 0.439. The first-order valence-corrected chi connectivity index (χ1v) is 6.09. The number of halogens is 2. The van der Waals surface area contributed by atoms with Gasteiger partial charge in [0, 0.05) is 18.6 Å². The number of anilines is 1. The van der Waals surface area contributed by atoms with E-state index in [1.807, 2.05) is 36.2 Å². The Labute approximate surface area is 108 Å². The van der Waals surface area contributed by atoms with Crippen LogP contribution in [0.25, 0.3) is 0 Å². The van der Waals surface area contributed by atoms with Crippen molar-refractivity contribution in [3.63, 3.8) is 0 Å². The predicted molar refractivity (Wildman–Crippen MR) is 68.5 cm³/mol. The van der Waals surface area contributed by atoms with Crippen LogP contribution >= 0.6 is 34.9 Å². The summed E-state index contributed by atoms with van der Waals surface area (Å²) in [6.07, 6.45) is 0. The van der Waals surface area contributed by atoms with Gasteiger partial charge in [0.05, 0.1) is 11.7 Å². The zero-order chi connectivity index (χ0) is 11.5. The highest BCUT2D eigenvalue weighted by Gasteiger charge is 2.10. The number of hydrogen-bond donors (Lipinski definition) is 0. The first-order valence-electron chi connectivity index (χ1n) is 4.60. The van der Waals surface area contributed by atoms with Gasteiger partial charge in [-0.25, -0.2) is 0 Å². The maximum atomic E-state index is 5.91. The lowest BCUT2D eigenvalue weighted by atomic mass is 10.2. The zero-order valence-electron chi connectivity index (χ0n) is 8.52. The van der Waals surface area contributed by atoms with E-state index in [9.17, 15) is 0 Å². The molecule has 0 amide bonds. The Kier molecular flexibility index (Phi) is 3.63. The molecule has 0 aliphatic rings. The smallest absolute Gasteiger partial charge is 0.187 e. The molecule has 0 radical (unpaired) electrons. The molecule has 0 atom stereocenters. The summed E-state index contributed by atoms with van der Waals surface area (Å²) in [5, 5.41) is 1.17. The lowest BCUT2D eigenvalue weighted by Gasteiger charge is -2.16. The lowest BCUT2D eigenvalue weighted by molar-refractivity contribution is 0.908. The average Bonchev–Trinajstić information content (AvgIpc) is 2.64. The summed E-state index contributed by atoms with van der Waals surface area (Å²) in [4.78, 5) is 1.94. The molecule has 0 saturated carbocycles. The van der Waals surface area contributed by atoms with Gasteiger partial charge < -0.3 is 4.90 Å².